The molecule has 0 rings (SSSR count). The van der Waals surface area contributed by atoms with Crippen LogP contribution in [0.25, 0.3) is 0 Å². The molecule has 0 aliphatic carbocycles. The van der Waals surface area contributed by atoms with Crippen molar-refractivity contribution in [3.05, 3.63) is 0 Å². The van der Waals surface area contributed by atoms with Crippen molar-refractivity contribution in [2.24, 2.45) is 0 Å². The van der Waals surface area contributed by atoms with Gasteiger partial charge in [-0.3, -0.25) is 0 Å². The van der Waals surface area contributed by atoms with Gasteiger partial charge in [-0.2, -0.15) is 0 Å². The van der Waals surface area contributed by atoms with Gasteiger partial charge in [0, 0.05) is 13.2 Å². The van der Waals surface area contributed by atoms with Crippen molar-refractivity contribution in [1.82, 2.24) is 0 Å². The van der Waals surface area contributed by atoms with E-state index in [-0.39, 0.29) is 0 Å². The van der Waals surface area contributed by atoms with Crippen LogP contribution >= 0.6 is 0 Å². The molecular weight excluding hydrogens is 167 g/mol. The number of hydrogen-bond donors (Lipinski definition) is 0. The first kappa shape index (κ1) is 11.0. The third kappa shape index (κ3) is 6.43. The van der Waals surface area contributed by atoms with Crippen molar-refractivity contribution >= 4 is 9.53 Å². The lowest BCUT2D eigenvalue weighted by Crippen LogP contribution is -2.29. The monoisotopic (exact) mass is 181 g/mol. The number of alkyl halides is 1. The van der Waals surface area contributed by atoms with Crippen LogP contribution in [-0.4, -0.2) is 29.1 Å². The summed E-state index contributed by atoms with van der Waals surface area (Å²) in [7, 11) is -1.82. The van der Waals surface area contributed by atoms with Crippen molar-refractivity contribution in [2.45, 2.75) is 27.1 Å². The maximum atomic E-state index is 12.2. The van der Waals surface area contributed by atoms with Crippen LogP contribution in [0.1, 0.15) is 20.8 Å². The van der Waals surface area contributed by atoms with E-state index in [4.69, 9.17) is 13.3 Å². The highest BCUT2D eigenvalue weighted by Gasteiger charge is 2.20. The smallest absolute Gasteiger partial charge is 0.371 e. The van der Waals surface area contributed by atoms with Gasteiger partial charge >= 0.3 is 9.53 Å². The molecule has 0 saturated heterocycles. The fourth-order valence-corrected chi connectivity index (χ4v) is 1.43. The molecule has 67 valence electrons. The van der Waals surface area contributed by atoms with E-state index in [9.17, 15) is 4.39 Å². The quantitative estimate of drug-likeness (QED) is 0.579. The Morgan fingerprint density at radius 2 is 1.73 bits per heavy atom. The Morgan fingerprint density at radius 1 is 1.27 bits per heavy atom. The molecule has 3 nitrogen and oxygen atoms in total. The van der Waals surface area contributed by atoms with Gasteiger partial charge in [0.1, 0.15) is 0 Å². The largest absolute Gasteiger partial charge is 0.579 e. The average Bonchev–Trinajstić information content (AvgIpc) is 1.87. The van der Waals surface area contributed by atoms with E-state index in [1.807, 2.05) is 13.8 Å². The second-order valence-electron chi connectivity index (χ2n) is 1.78. The minimum Gasteiger partial charge on any atom is -0.371 e. The van der Waals surface area contributed by atoms with Crippen molar-refractivity contribution in [1.29, 1.82) is 0 Å². The van der Waals surface area contributed by atoms with Crippen LogP contribution in [0, 0.1) is 0 Å². The minimum atomic E-state index is -1.82. The van der Waals surface area contributed by atoms with Crippen LogP contribution in [0.4, 0.5) is 4.39 Å². The molecule has 1 atom stereocenters. The van der Waals surface area contributed by atoms with E-state index in [0.29, 0.717) is 13.2 Å². The van der Waals surface area contributed by atoms with E-state index in [1.54, 1.807) is 0 Å². The molecule has 11 heavy (non-hydrogen) atoms. The zero-order valence-corrected chi connectivity index (χ0v) is 8.09. The molecule has 5 heteroatoms. The third-order valence-corrected chi connectivity index (χ3v) is 2.35. The molecule has 1 unspecified atom stereocenters. The molecule has 0 aliphatic heterocycles. The summed E-state index contributed by atoms with van der Waals surface area (Å²) < 4.78 is 27.0. The predicted octanol–water partition coefficient (Wildman–Crippen LogP) is 1.38. The Labute approximate surface area is 68.4 Å². The summed E-state index contributed by atoms with van der Waals surface area (Å²) in [6.45, 7) is 5.91. The van der Waals surface area contributed by atoms with Crippen LogP contribution in [0.15, 0.2) is 0 Å². The summed E-state index contributed by atoms with van der Waals surface area (Å²) in [6.07, 6.45) is -1.32. The summed E-state index contributed by atoms with van der Waals surface area (Å²) in [5, 5.41) is 0. The molecule has 0 N–H and O–H groups in total. The number of halogens is 1. The topological polar surface area (TPSA) is 27.7 Å². The zero-order valence-electron chi connectivity index (χ0n) is 7.09. The molecule has 0 fully saturated rings. The van der Waals surface area contributed by atoms with Crippen LogP contribution in [0.2, 0.25) is 0 Å². The standard InChI is InChI=1S/C6H14FO3Si/c1-4-8-11(9-5-2)10-6(3)7/h6H,4-5H2,1-3H3. The minimum absolute atomic E-state index is 0.487. The first-order valence-corrected chi connectivity index (χ1v) is 4.86. The number of rotatable bonds is 6. The first-order valence-electron chi connectivity index (χ1n) is 3.64. The molecule has 0 saturated carbocycles. The van der Waals surface area contributed by atoms with Crippen LogP contribution in [0.5, 0.6) is 0 Å². The first-order chi connectivity index (χ1) is 5.20. The van der Waals surface area contributed by atoms with E-state index in [1.165, 1.54) is 6.92 Å². The predicted molar refractivity (Wildman–Crippen MR) is 40.7 cm³/mol. The molecule has 0 aromatic carbocycles. The molecule has 0 aliphatic rings. The maximum Gasteiger partial charge on any atom is 0.579 e. The average molecular weight is 181 g/mol. The lowest BCUT2D eigenvalue weighted by molar-refractivity contribution is 0.00796. The van der Waals surface area contributed by atoms with Crippen molar-refractivity contribution in [3.8, 4) is 0 Å². The summed E-state index contributed by atoms with van der Waals surface area (Å²) in [6, 6.07) is 0. The molecule has 0 bridgehead atoms. The SMILES string of the molecule is CCO[Si](OCC)OC(C)F. The van der Waals surface area contributed by atoms with Crippen molar-refractivity contribution in [2.75, 3.05) is 13.2 Å². The molecular formula is C6H14FO3Si. The van der Waals surface area contributed by atoms with Crippen molar-refractivity contribution < 1.29 is 17.7 Å². The fourth-order valence-electron chi connectivity index (χ4n) is 0.478. The highest BCUT2D eigenvalue weighted by Crippen LogP contribution is 1.98. The highest BCUT2D eigenvalue weighted by atomic mass is 28.3. The molecule has 0 amide bonds. The van der Waals surface area contributed by atoms with Gasteiger partial charge in [-0.05, 0) is 20.8 Å². The third-order valence-electron chi connectivity index (χ3n) is 0.783. The second kappa shape index (κ2) is 6.72. The molecule has 0 heterocycles. The van der Waals surface area contributed by atoms with Gasteiger partial charge in [-0.25, -0.2) is 4.39 Å². The van der Waals surface area contributed by atoms with E-state index in [0.717, 1.165) is 0 Å². The Kier molecular flexibility index (Phi) is 6.74. The summed E-state index contributed by atoms with van der Waals surface area (Å²) >= 11 is 0. The van der Waals surface area contributed by atoms with Gasteiger partial charge in [0.25, 0.3) is 0 Å². The zero-order chi connectivity index (χ0) is 8.69. The van der Waals surface area contributed by atoms with Crippen LogP contribution in [-0.2, 0) is 13.3 Å². The van der Waals surface area contributed by atoms with Gasteiger partial charge in [-0.15, -0.1) is 0 Å². The molecule has 0 aromatic rings. The van der Waals surface area contributed by atoms with Crippen molar-refractivity contribution in [3.63, 3.8) is 0 Å². The van der Waals surface area contributed by atoms with Gasteiger partial charge in [0.15, 0.2) is 6.36 Å². The normalized spacial score (nSPS) is 13.9. The van der Waals surface area contributed by atoms with Gasteiger partial charge in [0.05, 0.1) is 0 Å². The lowest BCUT2D eigenvalue weighted by atomic mass is 10.8. The fraction of sp³-hybridized carbons (Fsp3) is 1.00. The Balaban J connectivity index is 3.50. The van der Waals surface area contributed by atoms with Crippen LogP contribution < -0.4 is 0 Å². The Morgan fingerprint density at radius 3 is 2.00 bits per heavy atom. The highest BCUT2D eigenvalue weighted by molar-refractivity contribution is 6.36. The number of hydrogen-bond acceptors (Lipinski definition) is 3. The molecule has 0 aromatic heterocycles. The summed E-state index contributed by atoms with van der Waals surface area (Å²) in [5.41, 5.74) is 0. The van der Waals surface area contributed by atoms with E-state index in [2.05, 4.69) is 0 Å². The molecule has 1 radical (unpaired) electrons. The van der Waals surface area contributed by atoms with Gasteiger partial charge in [0.2, 0.25) is 0 Å². The van der Waals surface area contributed by atoms with E-state index < -0.39 is 15.9 Å². The van der Waals surface area contributed by atoms with Gasteiger partial charge < -0.3 is 13.3 Å². The Hall–Kier alpha value is 0.0269. The Bertz CT molecular complexity index is 85.9. The second-order valence-corrected chi connectivity index (χ2v) is 3.09. The summed E-state index contributed by atoms with van der Waals surface area (Å²) in [4.78, 5) is 0. The lowest BCUT2D eigenvalue weighted by Gasteiger charge is -2.12. The summed E-state index contributed by atoms with van der Waals surface area (Å²) in [5.74, 6) is 0. The van der Waals surface area contributed by atoms with Crippen LogP contribution in [0.3, 0.4) is 0 Å². The van der Waals surface area contributed by atoms with E-state index >= 15 is 0 Å². The maximum absolute atomic E-state index is 12.2. The molecule has 0 spiro atoms. The van der Waals surface area contributed by atoms with Gasteiger partial charge in [-0.1, -0.05) is 0 Å².